The van der Waals surface area contributed by atoms with Gasteiger partial charge in [-0.1, -0.05) is 23.2 Å². The van der Waals surface area contributed by atoms with Crippen molar-refractivity contribution in [3.63, 3.8) is 0 Å². The molecule has 0 aromatic heterocycles. The molecule has 0 aliphatic heterocycles. The molecule has 20 heavy (non-hydrogen) atoms. The van der Waals surface area contributed by atoms with Gasteiger partial charge in [0, 0.05) is 6.26 Å². The fraction of sp³-hybridized carbons (Fsp3) is 0.222. The monoisotopic (exact) mass is 360 g/mol. The number of rotatable bonds is 4. The lowest BCUT2D eigenvalue weighted by Gasteiger charge is -2.10. The van der Waals surface area contributed by atoms with Crippen LogP contribution in [0.4, 0.5) is 5.69 Å². The smallest absolute Gasteiger partial charge is 0.239 e. The number of primary sulfonamides is 1. The number of hydrogen-bond acceptors (Lipinski definition) is 5. The molecule has 0 fully saturated rings. The standard InChI is InChI=1S/C9H10Cl2N2O5S2/c1-19(15,16)4-8(14)13-9-6(10)2-5(3-7(9)11)20(12,17)18/h2-3H,4H2,1H3,(H,13,14)(H2,12,17,18). The predicted octanol–water partition coefficient (Wildman–Crippen LogP) is 0.624. The summed E-state index contributed by atoms with van der Waals surface area (Å²) in [4.78, 5) is 11.1. The van der Waals surface area contributed by atoms with Crippen LogP contribution in [-0.4, -0.2) is 34.8 Å². The largest absolute Gasteiger partial charge is 0.323 e. The molecule has 1 amide bonds. The fourth-order valence-electron chi connectivity index (χ4n) is 1.25. The van der Waals surface area contributed by atoms with E-state index in [0.717, 1.165) is 18.4 Å². The number of anilines is 1. The molecule has 0 aliphatic rings. The van der Waals surface area contributed by atoms with Gasteiger partial charge in [-0.05, 0) is 12.1 Å². The second kappa shape index (κ2) is 5.86. The van der Waals surface area contributed by atoms with E-state index < -0.39 is 31.5 Å². The molecule has 1 aromatic rings. The van der Waals surface area contributed by atoms with Crippen LogP contribution in [0.15, 0.2) is 17.0 Å². The Labute approximate surface area is 126 Å². The summed E-state index contributed by atoms with van der Waals surface area (Å²) in [7, 11) is -7.51. The summed E-state index contributed by atoms with van der Waals surface area (Å²) in [5, 5.41) is 6.76. The average molecular weight is 361 g/mol. The van der Waals surface area contributed by atoms with Crippen molar-refractivity contribution in [2.75, 3.05) is 17.3 Å². The molecule has 11 heteroatoms. The number of carbonyl (C=O) groups is 1. The molecule has 7 nitrogen and oxygen atoms in total. The highest BCUT2D eigenvalue weighted by molar-refractivity contribution is 7.91. The number of nitrogens with two attached hydrogens (primary N) is 1. The van der Waals surface area contributed by atoms with Gasteiger partial charge in [-0.25, -0.2) is 22.0 Å². The highest BCUT2D eigenvalue weighted by atomic mass is 35.5. The van der Waals surface area contributed by atoms with Crippen LogP contribution in [-0.2, 0) is 24.7 Å². The zero-order valence-corrected chi connectivity index (χ0v) is 13.2. The summed E-state index contributed by atoms with van der Waals surface area (Å²) in [5.74, 6) is -1.60. The Bertz CT molecular complexity index is 736. The number of carbonyl (C=O) groups excluding carboxylic acids is 1. The molecular formula is C9H10Cl2N2O5S2. The van der Waals surface area contributed by atoms with E-state index in [-0.39, 0.29) is 20.6 Å². The lowest BCUT2D eigenvalue weighted by Crippen LogP contribution is -2.22. The molecule has 0 aliphatic carbocycles. The fourth-order valence-corrected chi connectivity index (χ4v) is 3.07. The Hall–Kier alpha value is -0.870. The Morgan fingerprint density at radius 2 is 1.65 bits per heavy atom. The Balaban J connectivity index is 3.13. The summed E-state index contributed by atoms with van der Waals surface area (Å²) >= 11 is 11.6. The molecule has 1 aromatic carbocycles. The number of sulfone groups is 1. The maximum Gasteiger partial charge on any atom is 0.239 e. The number of sulfonamides is 1. The van der Waals surface area contributed by atoms with Crippen molar-refractivity contribution in [1.82, 2.24) is 0 Å². The average Bonchev–Trinajstić information content (AvgIpc) is 2.19. The first kappa shape index (κ1) is 17.2. The maximum atomic E-state index is 11.5. The summed E-state index contributed by atoms with van der Waals surface area (Å²) in [6, 6.07) is 2.00. The van der Waals surface area contributed by atoms with Gasteiger partial charge >= 0.3 is 0 Å². The molecule has 0 spiro atoms. The van der Waals surface area contributed by atoms with Gasteiger partial charge in [0.15, 0.2) is 9.84 Å². The van der Waals surface area contributed by atoms with Gasteiger partial charge in [0.05, 0.1) is 20.6 Å². The van der Waals surface area contributed by atoms with Crippen LogP contribution in [0.25, 0.3) is 0 Å². The van der Waals surface area contributed by atoms with Crippen LogP contribution in [0.1, 0.15) is 0 Å². The molecule has 0 heterocycles. The number of benzene rings is 1. The molecule has 0 radical (unpaired) electrons. The normalized spacial score (nSPS) is 12.2. The lowest BCUT2D eigenvalue weighted by molar-refractivity contribution is -0.113. The molecule has 0 unspecified atom stereocenters. The van der Waals surface area contributed by atoms with Crippen LogP contribution < -0.4 is 10.5 Å². The third-order valence-corrected chi connectivity index (χ3v) is 4.28. The second-order valence-electron chi connectivity index (χ2n) is 3.93. The van der Waals surface area contributed by atoms with Gasteiger partial charge in [0.1, 0.15) is 5.75 Å². The summed E-state index contributed by atoms with van der Waals surface area (Å²) < 4.78 is 44.2. The quantitative estimate of drug-likeness (QED) is 0.814. The van der Waals surface area contributed by atoms with Crippen molar-refractivity contribution in [2.45, 2.75) is 4.90 Å². The predicted molar refractivity (Wildman–Crippen MR) is 76.2 cm³/mol. The van der Waals surface area contributed by atoms with E-state index in [1.54, 1.807) is 0 Å². The Morgan fingerprint density at radius 1 is 1.20 bits per heavy atom. The van der Waals surface area contributed by atoms with Crippen molar-refractivity contribution in [2.24, 2.45) is 5.14 Å². The summed E-state index contributed by atoms with van der Waals surface area (Å²) in [6.45, 7) is 0. The van der Waals surface area contributed by atoms with Gasteiger partial charge in [-0.2, -0.15) is 0 Å². The Morgan fingerprint density at radius 3 is 2.00 bits per heavy atom. The van der Waals surface area contributed by atoms with E-state index >= 15 is 0 Å². The van der Waals surface area contributed by atoms with E-state index in [1.807, 2.05) is 0 Å². The molecule has 1 rings (SSSR count). The summed E-state index contributed by atoms with van der Waals surface area (Å²) in [6.07, 6.45) is 0.889. The molecule has 0 atom stereocenters. The van der Waals surface area contributed by atoms with Gasteiger partial charge in [-0.3, -0.25) is 4.79 Å². The van der Waals surface area contributed by atoms with Gasteiger partial charge in [-0.15, -0.1) is 0 Å². The second-order valence-corrected chi connectivity index (χ2v) is 8.44. The zero-order valence-electron chi connectivity index (χ0n) is 10.1. The highest BCUT2D eigenvalue weighted by Gasteiger charge is 2.18. The van der Waals surface area contributed by atoms with Crippen LogP contribution >= 0.6 is 23.2 Å². The van der Waals surface area contributed by atoms with Crippen LogP contribution in [0.5, 0.6) is 0 Å². The van der Waals surface area contributed by atoms with Gasteiger partial charge in [0.25, 0.3) is 0 Å². The number of amides is 1. The van der Waals surface area contributed by atoms with Crippen molar-refractivity contribution >= 4 is 54.7 Å². The van der Waals surface area contributed by atoms with E-state index in [9.17, 15) is 21.6 Å². The minimum absolute atomic E-state index is 0.0885. The third kappa shape index (κ3) is 4.91. The topological polar surface area (TPSA) is 123 Å². The van der Waals surface area contributed by atoms with Crippen LogP contribution in [0.3, 0.4) is 0 Å². The first-order valence-electron chi connectivity index (χ1n) is 4.89. The number of hydrogen-bond donors (Lipinski definition) is 2. The van der Waals surface area contributed by atoms with Crippen molar-refractivity contribution in [3.8, 4) is 0 Å². The summed E-state index contributed by atoms with van der Waals surface area (Å²) in [5.41, 5.74) is -0.0885. The maximum absolute atomic E-state index is 11.5. The van der Waals surface area contributed by atoms with Gasteiger partial charge in [0.2, 0.25) is 15.9 Å². The van der Waals surface area contributed by atoms with Crippen LogP contribution in [0.2, 0.25) is 10.0 Å². The minimum atomic E-state index is -4.00. The molecule has 3 N–H and O–H groups in total. The molecule has 0 saturated carbocycles. The van der Waals surface area contributed by atoms with E-state index in [4.69, 9.17) is 28.3 Å². The zero-order chi connectivity index (χ0) is 15.7. The van der Waals surface area contributed by atoms with E-state index in [0.29, 0.717) is 0 Å². The molecular weight excluding hydrogens is 351 g/mol. The van der Waals surface area contributed by atoms with Crippen molar-refractivity contribution in [1.29, 1.82) is 0 Å². The van der Waals surface area contributed by atoms with E-state index in [2.05, 4.69) is 5.32 Å². The number of halogens is 2. The van der Waals surface area contributed by atoms with E-state index in [1.165, 1.54) is 0 Å². The molecule has 0 saturated heterocycles. The van der Waals surface area contributed by atoms with Crippen LogP contribution in [0, 0.1) is 0 Å². The molecule has 0 bridgehead atoms. The highest BCUT2D eigenvalue weighted by Crippen LogP contribution is 2.33. The lowest BCUT2D eigenvalue weighted by atomic mass is 10.3. The first-order chi connectivity index (χ1) is 8.90. The minimum Gasteiger partial charge on any atom is -0.323 e. The Kier molecular flexibility index (Phi) is 5.03. The first-order valence-corrected chi connectivity index (χ1v) is 9.26. The third-order valence-electron chi connectivity index (χ3n) is 2.00. The molecule has 112 valence electrons. The van der Waals surface area contributed by atoms with Crippen molar-refractivity contribution in [3.05, 3.63) is 22.2 Å². The van der Waals surface area contributed by atoms with Gasteiger partial charge < -0.3 is 5.32 Å². The SMILES string of the molecule is CS(=O)(=O)CC(=O)Nc1c(Cl)cc(S(N)(=O)=O)cc1Cl. The van der Waals surface area contributed by atoms with Crippen molar-refractivity contribution < 1.29 is 21.6 Å². The number of nitrogens with one attached hydrogen (secondary N) is 1.